The Bertz CT molecular complexity index is 508. The van der Waals surface area contributed by atoms with Gasteiger partial charge in [-0.2, -0.15) is 0 Å². The van der Waals surface area contributed by atoms with E-state index in [0.717, 1.165) is 15.8 Å². The number of nitrogens with one attached hydrogen (secondary N) is 1. The summed E-state index contributed by atoms with van der Waals surface area (Å²) in [5.74, 6) is 0.545. The van der Waals surface area contributed by atoms with E-state index in [-0.39, 0.29) is 5.82 Å². The highest BCUT2D eigenvalue weighted by atomic mass is 79.9. The average Bonchev–Trinajstić information content (AvgIpc) is 2.39. The predicted octanol–water partition coefficient (Wildman–Crippen LogP) is 4.21. The lowest BCUT2D eigenvalue weighted by Gasteiger charge is -2.10. The SMILES string of the molecule is COc1ccc(CNc2c(F)cccc2Br)cc1. The van der Waals surface area contributed by atoms with Crippen molar-refractivity contribution in [1.82, 2.24) is 0 Å². The minimum atomic E-state index is -0.266. The summed E-state index contributed by atoms with van der Waals surface area (Å²) < 4.78 is 19.4. The molecule has 0 aromatic heterocycles. The van der Waals surface area contributed by atoms with E-state index in [9.17, 15) is 4.39 Å². The molecule has 94 valence electrons. The van der Waals surface area contributed by atoms with Gasteiger partial charge in [0.05, 0.1) is 12.8 Å². The molecule has 0 aliphatic carbocycles. The van der Waals surface area contributed by atoms with Gasteiger partial charge in [0.25, 0.3) is 0 Å². The van der Waals surface area contributed by atoms with Gasteiger partial charge in [-0.05, 0) is 45.8 Å². The van der Waals surface area contributed by atoms with Crippen LogP contribution in [-0.2, 0) is 6.54 Å². The molecule has 0 amide bonds. The Labute approximate surface area is 114 Å². The van der Waals surface area contributed by atoms with Gasteiger partial charge < -0.3 is 10.1 Å². The summed E-state index contributed by atoms with van der Waals surface area (Å²) in [6.07, 6.45) is 0. The Morgan fingerprint density at radius 3 is 2.50 bits per heavy atom. The highest BCUT2D eigenvalue weighted by Crippen LogP contribution is 2.25. The fourth-order valence-electron chi connectivity index (χ4n) is 1.60. The number of rotatable bonds is 4. The summed E-state index contributed by atoms with van der Waals surface area (Å²) in [4.78, 5) is 0. The number of benzene rings is 2. The molecule has 0 aliphatic heterocycles. The summed E-state index contributed by atoms with van der Waals surface area (Å²) in [6.45, 7) is 0.559. The molecule has 2 aromatic rings. The Balaban J connectivity index is 2.06. The second kappa shape index (κ2) is 5.87. The van der Waals surface area contributed by atoms with Crippen LogP contribution in [0.1, 0.15) is 5.56 Å². The Morgan fingerprint density at radius 2 is 1.89 bits per heavy atom. The van der Waals surface area contributed by atoms with Crippen molar-refractivity contribution in [2.24, 2.45) is 0 Å². The first-order chi connectivity index (χ1) is 8.70. The van der Waals surface area contributed by atoms with Crippen molar-refractivity contribution in [3.8, 4) is 5.75 Å². The Kier molecular flexibility index (Phi) is 4.20. The van der Waals surface area contributed by atoms with E-state index in [1.807, 2.05) is 24.3 Å². The molecule has 0 unspecified atom stereocenters. The third-order valence-corrected chi connectivity index (χ3v) is 3.25. The Hall–Kier alpha value is -1.55. The van der Waals surface area contributed by atoms with E-state index in [4.69, 9.17) is 4.74 Å². The van der Waals surface area contributed by atoms with Gasteiger partial charge in [0.1, 0.15) is 11.6 Å². The van der Waals surface area contributed by atoms with E-state index in [1.54, 1.807) is 19.2 Å². The lowest BCUT2D eigenvalue weighted by atomic mass is 10.2. The van der Waals surface area contributed by atoms with Gasteiger partial charge in [-0.1, -0.05) is 18.2 Å². The lowest BCUT2D eigenvalue weighted by molar-refractivity contribution is 0.414. The van der Waals surface area contributed by atoms with Gasteiger partial charge in [-0.3, -0.25) is 0 Å². The molecule has 0 radical (unpaired) electrons. The maximum atomic E-state index is 13.6. The van der Waals surface area contributed by atoms with Crippen LogP contribution < -0.4 is 10.1 Å². The van der Waals surface area contributed by atoms with Crippen LogP contribution in [-0.4, -0.2) is 7.11 Å². The first kappa shape index (κ1) is 12.9. The summed E-state index contributed by atoms with van der Waals surface area (Å²) in [5.41, 5.74) is 1.54. The highest BCUT2D eigenvalue weighted by molar-refractivity contribution is 9.10. The van der Waals surface area contributed by atoms with E-state index in [2.05, 4.69) is 21.2 Å². The van der Waals surface area contributed by atoms with Crippen molar-refractivity contribution < 1.29 is 9.13 Å². The number of para-hydroxylation sites is 1. The molecule has 0 spiro atoms. The second-order valence-electron chi connectivity index (χ2n) is 3.80. The fraction of sp³-hybridized carbons (Fsp3) is 0.143. The third-order valence-electron chi connectivity index (χ3n) is 2.59. The number of methoxy groups -OCH3 is 1. The van der Waals surface area contributed by atoms with Crippen molar-refractivity contribution in [1.29, 1.82) is 0 Å². The minimum absolute atomic E-state index is 0.266. The van der Waals surface area contributed by atoms with Gasteiger partial charge in [0.15, 0.2) is 0 Å². The van der Waals surface area contributed by atoms with Crippen LogP contribution >= 0.6 is 15.9 Å². The number of ether oxygens (including phenoxy) is 1. The average molecular weight is 310 g/mol. The van der Waals surface area contributed by atoms with Crippen LogP contribution in [0, 0.1) is 5.82 Å². The molecule has 0 heterocycles. The van der Waals surface area contributed by atoms with Crippen LogP contribution in [0.2, 0.25) is 0 Å². The summed E-state index contributed by atoms with van der Waals surface area (Å²) in [5, 5.41) is 3.07. The molecular formula is C14H13BrFNO. The van der Waals surface area contributed by atoms with Gasteiger partial charge in [0, 0.05) is 11.0 Å². The normalized spacial score (nSPS) is 10.2. The quantitative estimate of drug-likeness (QED) is 0.913. The van der Waals surface area contributed by atoms with Crippen molar-refractivity contribution in [3.05, 3.63) is 58.3 Å². The number of halogens is 2. The highest BCUT2D eigenvalue weighted by Gasteiger charge is 2.05. The first-order valence-corrected chi connectivity index (χ1v) is 6.31. The van der Waals surface area contributed by atoms with Crippen molar-refractivity contribution in [2.75, 3.05) is 12.4 Å². The zero-order chi connectivity index (χ0) is 13.0. The molecule has 4 heteroatoms. The molecule has 0 aliphatic rings. The molecular weight excluding hydrogens is 297 g/mol. The van der Waals surface area contributed by atoms with E-state index in [1.165, 1.54) is 6.07 Å². The molecule has 1 N–H and O–H groups in total. The second-order valence-corrected chi connectivity index (χ2v) is 4.65. The number of anilines is 1. The fourth-order valence-corrected chi connectivity index (χ4v) is 2.08. The largest absolute Gasteiger partial charge is 0.497 e. The van der Waals surface area contributed by atoms with Gasteiger partial charge in [0.2, 0.25) is 0 Å². The van der Waals surface area contributed by atoms with E-state index in [0.29, 0.717) is 12.2 Å². The standard InChI is InChI=1S/C14H13BrFNO/c1-18-11-7-5-10(6-8-11)9-17-14-12(15)3-2-4-13(14)16/h2-8,17H,9H2,1H3. The molecule has 2 aromatic carbocycles. The Morgan fingerprint density at radius 1 is 1.17 bits per heavy atom. The predicted molar refractivity (Wildman–Crippen MR) is 74.4 cm³/mol. The van der Waals surface area contributed by atoms with E-state index < -0.39 is 0 Å². The molecule has 0 saturated heterocycles. The summed E-state index contributed by atoms with van der Waals surface area (Å²) in [6, 6.07) is 12.6. The van der Waals surface area contributed by atoms with Gasteiger partial charge >= 0.3 is 0 Å². The first-order valence-electron chi connectivity index (χ1n) is 5.51. The zero-order valence-electron chi connectivity index (χ0n) is 9.91. The molecule has 2 rings (SSSR count). The number of hydrogen-bond acceptors (Lipinski definition) is 2. The molecule has 0 fully saturated rings. The maximum Gasteiger partial charge on any atom is 0.147 e. The molecule has 2 nitrogen and oxygen atoms in total. The van der Waals surface area contributed by atoms with Crippen molar-refractivity contribution in [3.63, 3.8) is 0 Å². The van der Waals surface area contributed by atoms with Crippen LogP contribution in [0.3, 0.4) is 0 Å². The molecule has 0 saturated carbocycles. The summed E-state index contributed by atoms with van der Waals surface area (Å²) >= 11 is 3.32. The molecule has 18 heavy (non-hydrogen) atoms. The number of hydrogen-bond donors (Lipinski definition) is 1. The minimum Gasteiger partial charge on any atom is -0.497 e. The van der Waals surface area contributed by atoms with Crippen molar-refractivity contribution in [2.45, 2.75) is 6.54 Å². The van der Waals surface area contributed by atoms with Crippen LogP contribution in [0.25, 0.3) is 0 Å². The molecule has 0 atom stereocenters. The van der Waals surface area contributed by atoms with Crippen LogP contribution in [0.5, 0.6) is 5.75 Å². The van der Waals surface area contributed by atoms with Gasteiger partial charge in [-0.15, -0.1) is 0 Å². The van der Waals surface area contributed by atoms with E-state index >= 15 is 0 Å². The van der Waals surface area contributed by atoms with Crippen LogP contribution in [0.15, 0.2) is 46.9 Å². The summed E-state index contributed by atoms with van der Waals surface area (Å²) in [7, 11) is 1.63. The van der Waals surface area contributed by atoms with Crippen molar-refractivity contribution >= 4 is 21.6 Å². The maximum absolute atomic E-state index is 13.6. The van der Waals surface area contributed by atoms with Crippen LogP contribution in [0.4, 0.5) is 10.1 Å². The van der Waals surface area contributed by atoms with Gasteiger partial charge in [-0.25, -0.2) is 4.39 Å². The smallest absolute Gasteiger partial charge is 0.147 e. The zero-order valence-corrected chi connectivity index (χ0v) is 11.5. The molecule has 0 bridgehead atoms. The third kappa shape index (κ3) is 3.01. The topological polar surface area (TPSA) is 21.3 Å². The monoisotopic (exact) mass is 309 g/mol. The lowest BCUT2D eigenvalue weighted by Crippen LogP contribution is -2.02.